The van der Waals surface area contributed by atoms with Gasteiger partial charge in [0.25, 0.3) is 0 Å². The number of halogens is 3. The number of carbonyl (C=O) groups excluding carboxylic acids is 2. The highest BCUT2D eigenvalue weighted by atomic mass is 19.4. The van der Waals surface area contributed by atoms with Gasteiger partial charge in [-0.2, -0.15) is 13.2 Å². The van der Waals surface area contributed by atoms with Crippen molar-refractivity contribution in [3.8, 4) is 16.9 Å². The van der Waals surface area contributed by atoms with Crippen molar-refractivity contribution in [1.82, 2.24) is 0 Å². The van der Waals surface area contributed by atoms with Crippen LogP contribution in [0.25, 0.3) is 11.1 Å². The van der Waals surface area contributed by atoms with Crippen molar-refractivity contribution in [1.29, 1.82) is 0 Å². The second-order valence-electron chi connectivity index (χ2n) is 8.16. The van der Waals surface area contributed by atoms with Crippen LogP contribution in [0.1, 0.15) is 69.2 Å². The van der Waals surface area contributed by atoms with E-state index in [9.17, 15) is 22.8 Å². The van der Waals surface area contributed by atoms with Gasteiger partial charge in [-0.05, 0) is 48.7 Å². The van der Waals surface area contributed by atoms with Crippen LogP contribution in [0.15, 0.2) is 48.5 Å². The van der Waals surface area contributed by atoms with Crippen molar-refractivity contribution in [2.24, 2.45) is 0 Å². The van der Waals surface area contributed by atoms with E-state index in [1.54, 1.807) is 12.1 Å². The number of rotatable bonds is 14. The van der Waals surface area contributed by atoms with E-state index in [0.29, 0.717) is 6.61 Å². The van der Waals surface area contributed by atoms with Crippen molar-refractivity contribution in [2.45, 2.75) is 71.1 Å². The molecule has 0 saturated carbocycles. The third-order valence-electron chi connectivity index (χ3n) is 5.35. The van der Waals surface area contributed by atoms with E-state index in [2.05, 4.69) is 16.4 Å². The van der Waals surface area contributed by atoms with Crippen LogP contribution in [0.5, 0.6) is 5.75 Å². The molecule has 2 rings (SSSR count). The second-order valence-corrected chi connectivity index (χ2v) is 8.16. The average molecular weight is 495 g/mol. The SMILES string of the molecule is CCCCCCCCOc1ccc(-c2ccc(C(=O)O[C@@H](CC(=O)OCC)C(F)(F)F)cc2)cc1. The first-order chi connectivity index (χ1) is 16.7. The lowest BCUT2D eigenvalue weighted by Crippen LogP contribution is -2.36. The fraction of sp³-hybridized carbons (Fsp3) is 0.481. The molecule has 35 heavy (non-hydrogen) atoms. The monoisotopic (exact) mass is 494 g/mol. The van der Waals surface area contributed by atoms with Crippen LogP contribution < -0.4 is 4.74 Å². The number of alkyl halides is 3. The van der Waals surface area contributed by atoms with E-state index in [1.807, 2.05) is 24.3 Å². The molecule has 0 heterocycles. The minimum absolute atomic E-state index is 0.0502. The summed E-state index contributed by atoms with van der Waals surface area (Å²) >= 11 is 0. The van der Waals surface area contributed by atoms with Crippen LogP contribution in [0.3, 0.4) is 0 Å². The molecule has 2 aromatic rings. The van der Waals surface area contributed by atoms with Gasteiger partial charge in [-0.25, -0.2) is 4.79 Å². The number of esters is 2. The normalized spacial score (nSPS) is 12.1. The first kappa shape index (κ1) is 28.2. The standard InChI is InChI=1S/C27H33F3O5/c1-3-5-6-7-8-9-18-34-23-16-14-21(15-17-23)20-10-12-22(13-11-20)26(32)35-24(27(28,29)30)19-25(31)33-4-2/h10-17,24H,3-9,18-19H2,1-2H3/t24-/m0/s1. The maximum atomic E-state index is 13.2. The van der Waals surface area contributed by atoms with Gasteiger partial charge in [-0.3, -0.25) is 4.79 Å². The highest BCUT2D eigenvalue weighted by Crippen LogP contribution is 2.28. The van der Waals surface area contributed by atoms with Crippen molar-refractivity contribution >= 4 is 11.9 Å². The Bertz CT molecular complexity index is 908. The van der Waals surface area contributed by atoms with Crippen molar-refractivity contribution < 1.29 is 37.0 Å². The van der Waals surface area contributed by atoms with Crippen molar-refractivity contribution in [2.75, 3.05) is 13.2 Å². The third-order valence-corrected chi connectivity index (χ3v) is 5.35. The number of carbonyl (C=O) groups is 2. The Labute approximate surface area is 204 Å². The molecule has 2 aromatic carbocycles. The minimum atomic E-state index is -4.89. The lowest BCUT2D eigenvalue weighted by Gasteiger charge is -2.20. The molecule has 0 aliphatic heterocycles. The van der Waals surface area contributed by atoms with Crippen LogP contribution in [-0.4, -0.2) is 37.4 Å². The summed E-state index contributed by atoms with van der Waals surface area (Å²) in [4.78, 5) is 23.7. The Morgan fingerprint density at radius 2 is 1.40 bits per heavy atom. The molecule has 0 bridgehead atoms. The van der Waals surface area contributed by atoms with E-state index in [0.717, 1.165) is 29.7 Å². The van der Waals surface area contributed by atoms with E-state index in [4.69, 9.17) is 4.74 Å². The molecule has 0 amide bonds. The van der Waals surface area contributed by atoms with Gasteiger partial charge in [0.1, 0.15) is 5.75 Å². The molecule has 0 unspecified atom stereocenters. The highest BCUT2D eigenvalue weighted by Gasteiger charge is 2.44. The smallest absolute Gasteiger partial charge is 0.426 e. The van der Waals surface area contributed by atoms with Gasteiger partial charge >= 0.3 is 18.1 Å². The molecule has 0 spiro atoms. The molecule has 0 saturated heterocycles. The first-order valence-electron chi connectivity index (χ1n) is 12.0. The molecule has 1 atom stereocenters. The highest BCUT2D eigenvalue weighted by molar-refractivity contribution is 5.90. The summed E-state index contributed by atoms with van der Waals surface area (Å²) in [6, 6.07) is 13.5. The summed E-state index contributed by atoms with van der Waals surface area (Å²) in [6.07, 6.45) is -1.40. The second kappa shape index (κ2) is 14.4. The molecule has 5 nitrogen and oxygen atoms in total. The van der Waals surface area contributed by atoms with Crippen LogP contribution in [0, 0.1) is 0 Å². The van der Waals surface area contributed by atoms with Gasteiger partial charge in [0.2, 0.25) is 6.10 Å². The Morgan fingerprint density at radius 1 is 0.829 bits per heavy atom. The molecule has 192 valence electrons. The lowest BCUT2D eigenvalue weighted by atomic mass is 10.0. The van der Waals surface area contributed by atoms with E-state index in [1.165, 1.54) is 44.7 Å². The summed E-state index contributed by atoms with van der Waals surface area (Å²) in [5.74, 6) is -1.48. The molecular weight excluding hydrogens is 461 g/mol. The Balaban J connectivity index is 1.90. The molecular formula is C27H33F3O5. The van der Waals surface area contributed by atoms with Crippen LogP contribution in [0.4, 0.5) is 13.2 Å². The fourth-order valence-corrected chi connectivity index (χ4v) is 3.41. The maximum absolute atomic E-state index is 13.2. The van der Waals surface area contributed by atoms with Gasteiger partial charge in [-0.15, -0.1) is 0 Å². The van der Waals surface area contributed by atoms with E-state index >= 15 is 0 Å². The van der Waals surface area contributed by atoms with E-state index < -0.39 is 30.6 Å². The van der Waals surface area contributed by atoms with E-state index in [-0.39, 0.29) is 12.2 Å². The first-order valence-corrected chi connectivity index (χ1v) is 12.0. The zero-order chi connectivity index (χ0) is 25.7. The predicted octanol–water partition coefficient (Wildman–Crippen LogP) is 7.13. The summed E-state index contributed by atoms with van der Waals surface area (Å²) in [5, 5.41) is 0. The summed E-state index contributed by atoms with van der Waals surface area (Å²) in [7, 11) is 0. The van der Waals surface area contributed by atoms with Gasteiger partial charge in [0.05, 0.1) is 25.2 Å². The molecule has 0 aromatic heterocycles. The Morgan fingerprint density at radius 3 is 1.97 bits per heavy atom. The Kier molecular flexibility index (Phi) is 11.6. The Hall–Kier alpha value is -3.03. The molecule has 0 fully saturated rings. The minimum Gasteiger partial charge on any atom is -0.494 e. The molecule has 0 aliphatic rings. The number of benzene rings is 2. The lowest BCUT2D eigenvalue weighted by molar-refractivity contribution is -0.209. The van der Waals surface area contributed by atoms with Gasteiger partial charge in [-0.1, -0.05) is 63.3 Å². The quantitative estimate of drug-likeness (QED) is 0.206. The largest absolute Gasteiger partial charge is 0.494 e. The van der Waals surface area contributed by atoms with Gasteiger partial charge < -0.3 is 14.2 Å². The van der Waals surface area contributed by atoms with Crippen LogP contribution in [-0.2, 0) is 14.3 Å². The predicted molar refractivity (Wildman–Crippen MR) is 127 cm³/mol. The average Bonchev–Trinajstić information content (AvgIpc) is 2.83. The molecule has 8 heteroatoms. The summed E-state index contributed by atoms with van der Waals surface area (Å²) in [5.41, 5.74) is 1.60. The summed E-state index contributed by atoms with van der Waals surface area (Å²) < 4.78 is 54.4. The number of unbranched alkanes of at least 4 members (excludes halogenated alkanes) is 5. The van der Waals surface area contributed by atoms with Gasteiger partial charge in [0.15, 0.2) is 0 Å². The van der Waals surface area contributed by atoms with Crippen molar-refractivity contribution in [3.05, 3.63) is 54.1 Å². The fourth-order valence-electron chi connectivity index (χ4n) is 3.41. The zero-order valence-electron chi connectivity index (χ0n) is 20.2. The van der Waals surface area contributed by atoms with Crippen LogP contribution in [0.2, 0.25) is 0 Å². The summed E-state index contributed by atoms with van der Waals surface area (Å²) in [6.45, 7) is 4.27. The topological polar surface area (TPSA) is 61.8 Å². The zero-order valence-corrected chi connectivity index (χ0v) is 20.2. The van der Waals surface area contributed by atoms with Crippen LogP contribution >= 0.6 is 0 Å². The van der Waals surface area contributed by atoms with Gasteiger partial charge in [0, 0.05) is 0 Å². The number of hydrogen-bond donors (Lipinski definition) is 0. The number of hydrogen-bond acceptors (Lipinski definition) is 5. The molecule has 0 aliphatic carbocycles. The third kappa shape index (κ3) is 10.0. The van der Waals surface area contributed by atoms with Crippen molar-refractivity contribution in [3.63, 3.8) is 0 Å². The maximum Gasteiger partial charge on any atom is 0.426 e. The molecule has 0 radical (unpaired) electrons. The molecule has 0 N–H and O–H groups in total. The number of ether oxygens (including phenoxy) is 3.